The first-order valence-electron chi connectivity index (χ1n) is 8.58. The van der Waals surface area contributed by atoms with Crippen molar-refractivity contribution >= 4 is 29.3 Å². The number of H-pyrrole nitrogens is 1. The van der Waals surface area contributed by atoms with Crippen molar-refractivity contribution in [2.75, 3.05) is 36.2 Å². The van der Waals surface area contributed by atoms with E-state index >= 15 is 0 Å². The Morgan fingerprint density at radius 1 is 1.30 bits per heavy atom. The average Bonchev–Trinajstić information content (AvgIpc) is 2.64. The highest BCUT2D eigenvalue weighted by Crippen LogP contribution is 2.24. The molecule has 0 saturated heterocycles. The molecule has 9 heteroatoms. The molecule has 1 aliphatic rings. The zero-order valence-corrected chi connectivity index (χ0v) is 14.9. The van der Waals surface area contributed by atoms with Crippen LogP contribution < -0.4 is 21.5 Å². The van der Waals surface area contributed by atoms with E-state index in [0.717, 1.165) is 0 Å². The number of ether oxygens (including phenoxy) is 1. The fourth-order valence-corrected chi connectivity index (χ4v) is 2.83. The fraction of sp³-hybridized carbons (Fsp3) is 0.333. The lowest BCUT2D eigenvalue weighted by Gasteiger charge is -2.23. The van der Waals surface area contributed by atoms with Crippen LogP contribution >= 0.6 is 0 Å². The quantitative estimate of drug-likeness (QED) is 0.538. The lowest BCUT2D eigenvalue weighted by molar-refractivity contribution is -0.125. The molecule has 1 unspecified atom stereocenters. The summed E-state index contributed by atoms with van der Waals surface area (Å²) in [6.07, 6.45) is 0.136. The summed E-state index contributed by atoms with van der Waals surface area (Å²) in [6.45, 7) is 0.917. The maximum Gasteiger partial charge on any atom is 0.257 e. The highest BCUT2D eigenvalue weighted by atomic mass is 16.5. The minimum absolute atomic E-state index is 0.0204. The average molecular weight is 371 g/mol. The molecule has 142 valence electrons. The number of amides is 2. The topological polar surface area (TPSA) is 125 Å². The molecule has 1 aromatic carbocycles. The summed E-state index contributed by atoms with van der Waals surface area (Å²) in [6, 6.07) is 8.99. The number of carbonyl (C=O) groups is 2. The smallest absolute Gasteiger partial charge is 0.257 e. The van der Waals surface area contributed by atoms with Crippen molar-refractivity contribution in [3.05, 3.63) is 46.2 Å². The SMILES string of the molecule is COCCNc1nc2c(c(=O)[nH]1)CC(CC(=O)Nc1ccccc1)C(=O)N2. The summed E-state index contributed by atoms with van der Waals surface area (Å²) >= 11 is 0. The molecule has 0 radical (unpaired) electrons. The molecule has 0 aliphatic carbocycles. The Balaban J connectivity index is 1.67. The van der Waals surface area contributed by atoms with Crippen molar-refractivity contribution in [3.63, 3.8) is 0 Å². The minimum Gasteiger partial charge on any atom is -0.383 e. The Morgan fingerprint density at radius 3 is 2.81 bits per heavy atom. The molecular weight excluding hydrogens is 350 g/mol. The number of hydrogen-bond acceptors (Lipinski definition) is 6. The molecule has 2 heterocycles. The van der Waals surface area contributed by atoms with Gasteiger partial charge in [-0.25, -0.2) is 0 Å². The summed E-state index contributed by atoms with van der Waals surface area (Å²) in [7, 11) is 1.57. The predicted molar refractivity (Wildman–Crippen MR) is 101 cm³/mol. The standard InChI is InChI=1S/C18H21N5O4/c1-27-8-7-19-18-22-15-13(17(26)23-18)9-11(16(25)21-15)10-14(24)20-12-5-3-2-4-6-12/h2-6,11H,7-10H2,1H3,(H,20,24)(H3,19,21,22,23,25,26). The van der Waals surface area contributed by atoms with Crippen LogP contribution in [0.3, 0.4) is 0 Å². The first kappa shape index (κ1) is 18.6. The second-order valence-corrected chi connectivity index (χ2v) is 6.17. The molecule has 4 N–H and O–H groups in total. The summed E-state index contributed by atoms with van der Waals surface area (Å²) in [4.78, 5) is 43.7. The Kier molecular flexibility index (Phi) is 5.82. The van der Waals surface area contributed by atoms with Gasteiger partial charge in [-0.3, -0.25) is 19.4 Å². The summed E-state index contributed by atoms with van der Waals surface area (Å²) in [5.41, 5.74) is 0.684. The van der Waals surface area contributed by atoms with Crippen LogP contribution in [0, 0.1) is 5.92 Å². The molecule has 27 heavy (non-hydrogen) atoms. The molecule has 9 nitrogen and oxygen atoms in total. The van der Waals surface area contributed by atoms with Gasteiger partial charge >= 0.3 is 0 Å². The Morgan fingerprint density at radius 2 is 2.07 bits per heavy atom. The zero-order chi connectivity index (χ0) is 19.2. The van der Waals surface area contributed by atoms with E-state index in [1.54, 1.807) is 19.2 Å². The number of benzene rings is 1. The van der Waals surface area contributed by atoms with E-state index in [4.69, 9.17) is 4.74 Å². The molecular formula is C18H21N5O4. The lowest BCUT2D eigenvalue weighted by atomic mass is 9.92. The number of rotatable bonds is 7. The molecule has 3 rings (SSSR count). The number of anilines is 3. The van der Waals surface area contributed by atoms with Crippen molar-refractivity contribution in [1.82, 2.24) is 9.97 Å². The van der Waals surface area contributed by atoms with E-state index in [0.29, 0.717) is 24.4 Å². The number of aromatic nitrogens is 2. The van der Waals surface area contributed by atoms with Crippen molar-refractivity contribution in [2.45, 2.75) is 12.8 Å². The minimum atomic E-state index is -0.628. The highest BCUT2D eigenvalue weighted by Gasteiger charge is 2.31. The largest absolute Gasteiger partial charge is 0.383 e. The van der Waals surface area contributed by atoms with Gasteiger partial charge < -0.3 is 20.7 Å². The van der Waals surface area contributed by atoms with Gasteiger partial charge in [0.25, 0.3) is 5.56 Å². The first-order valence-corrected chi connectivity index (χ1v) is 8.58. The van der Waals surface area contributed by atoms with E-state index in [2.05, 4.69) is 25.9 Å². The number of carbonyl (C=O) groups excluding carboxylic acids is 2. The second-order valence-electron chi connectivity index (χ2n) is 6.17. The van der Waals surface area contributed by atoms with Gasteiger partial charge in [0.1, 0.15) is 5.82 Å². The van der Waals surface area contributed by atoms with E-state index in [1.165, 1.54) is 0 Å². The van der Waals surface area contributed by atoms with Crippen molar-refractivity contribution in [3.8, 4) is 0 Å². The number of hydrogen-bond donors (Lipinski definition) is 4. The van der Waals surface area contributed by atoms with E-state index in [9.17, 15) is 14.4 Å². The van der Waals surface area contributed by atoms with Gasteiger partial charge in [-0.2, -0.15) is 4.98 Å². The van der Waals surface area contributed by atoms with Crippen LogP contribution in [0.15, 0.2) is 35.1 Å². The fourth-order valence-electron chi connectivity index (χ4n) is 2.83. The van der Waals surface area contributed by atoms with Gasteiger partial charge in [0.15, 0.2) is 0 Å². The molecule has 0 bridgehead atoms. The third-order valence-electron chi connectivity index (χ3n) is 4.17. The van der Waals surface area contributed by atoms with Gasteiger partial charge in [0.05, 0.1) is 18.1 Å². The zero-order valence-electron chi connectivity index (χ0n) is 14.9. The molecule has 0 fully saturated rings. The number of aromatic amines is 1. The molecule has 1 aliphatic heterocycles. The van der Waals surface area contributed by atoms with Crippen LogP contribution in [0.25, 0.3) is 0 Å². The van der Waals surface area contributed by atoms with Gasteiger partial charge in [-0.15, -0.1) is 0 Å². The third kappa shape index (κ3) is 4.70. The van der Waals surface area contributed by atoms with Crippen LogP contribution in [-0.2, 0) is 20.7 Å². The Bertz CT molecular complexity index is 881. The maximum absolute atomic E-state index is 12.3. The second kappa shape index (κ2) is 8.45. The number of para-hydroxylation sites is 1. The number of nitrogens with zero attached hydrogens (tertiary/aromatic N) is 1. The predicted octanol–water partition coefficient (Wildman–Crippen LogP) is 0.968. The monoisotopic (exact) mass is 371 g/mol. The van der Waals surface area contributed by atoms with Crippen molar-refractivity contribution in [2.24, 2.45) is 5.92 Å². The van der Waals surface area contributed by atoms with E-state index in [-0.39, 0.29) is 42.0 Å². The molecule has 1 atom stereocenters. The van der Waals surface area contributed by atoms with Gasteiger partial charge in [-0.05, 0) is 18.6 Å². The third-order valence-corrected chi connectivity index (χ3v) is 4.17. The molecule has 0 spiro atoms. The highest BCUT2D eigenvalue weighted by molar-refractivity contribution is 5.99. The van der Waals surface area contributed by atoms with Crippen LogP contribution in [0.5, 0.6) is 0 Å². The molecule has 2 amide bonds. The van der Waals surface area contributed by atoms with Gasteiger partial charge in [0, 0.05) is 25.8 Å². The molecule has 2 aromatic rings. The van der Waals surface area contributed by atoms with E-state index in [1.807, 2.05) is 18.2 Å². The number of methoxy groups -OCH3 is 1. The van der Waals surface area contributed by atoms with Crippen LogP contribution in [0.4, 0.5) is 17.5 Å². The first-order chi connectivity index (χ1) is 13.1. The lowest BCUT2D eigenvalue weighted by Crippen LogP contribution is -2.37. The summed E-state index contributed by atoms with van der Waals surface area (Å²) < 4.78 is 4.93. The maximum atomic E-state index is 12.3. The van der Waals surface area contributed by atoms with Crippen LogP contribution in [0.1, 0.15) is 12.0 Å². The Labute approximate surface area is 155 Å². The number of nitrogens with one attached hydrogen (secondary N) is 4. The normalized spacial score (nSPS) is 15.6. The molecule has 0 saturated carbocycles. The molecule has 1 aromatic heterocycles. The summed E-state index contributed by atoms with van der Waals surface area (Å²) in [5, 5.41) is 8.29. The van der Waals surface area contributed by atoms with Crippen LogP contribution in [0.2, 0.25) is 0 Å². The Hall–Kier alpha value is -3.20. The van der Waals surface area contributed by atoms with E-state index < -0.39 is 5.92 Å². The van der Waals surface area contributed by atoms with Gasteiger partial charge in [0.2, 0.25) is 17.8 Å². The van der Waals surface area contributed by atoms with Gasteiger partial charge in [-0.1, -0.05) is 18.2 Å². The number of fused-ring (bicyclic) bond motifs is 1. The van der Waals surface area contributed by atoms with Crippen LogP contribution in [-0.4, -0.2) is 42.0 Å². The van der Waals surface area contributed by atoms with Crippen molar-refractivity contribution in [1.29, 1.82) is 0 Å². The summed E-state index contributed by atoms with van der Waals surface area (Å²) in [5.74, 6) is -0.755. The van der Waals surface area contributed by atoms with Crippen molar-refractivity contribution < 1.29 is 14.3 Å².